The van der Waals surface area contributed by atoms with Gasteiger partial charge in [0.1, 0.15) is 5.75 Å². The molecule has 1 amide bonds. The number of nitrogens with one attached hydrogen (secondary N) is 1. The summed E-state index contributed by atoms with van der Waals surface area (Å²) in [5, 5.41) is 2.75. The van der Waals surface area contributed by atoms with Crippen molar-refractivity contribution in [2.75, 3.05) is 5.32 Å². The number of carbonyl (C=O) groups is 2. The van der Waals surface area contributed by atoms with Crippen LogP contribution >= 0.6 is 0 Å². The van der Waals surface area contributed by atoms with Gasteiger partial charge in [-0.05, 0) is 30.7 Å². The summed E-state index contributed by atoms with van der Waals surface area (Å²) >= 11 is 0. The molecule has 4 nitrogen and oxygen atoms in total. The van der Waals surface area contributed by atoms with Crippen molar-refractivity contribution in [2.24, 2.45) is 0 Å². The van der Waals surface area contributed by atoms with E-state index in [4.69, 9.17) is 4.74 Å². The van der Waals surface area contributed by atoms with Gasteiger partial charge in [0.15, 0.2) is 11.9 Å². The predicted octanol–water partition coefficient (Wildman–Crippen LogP) is 2.83. The third-order valence-electron chi connectivity index (χ3n) is 3.44. The Hall–Kier alpha value is -2.62. The van der Waals surface area contributed by atoms with Gasteiger partial charge in [0.2, 0.25) is 0 Å². The van der Waals surface area contributed by atoms with Crippen LogP contribution in [-0.4, -0.2) is 17.8 Å². The van der Waals surface area contributed by atoms with Crippen molar-refractivity contribution >= 4 is 17.4 Å². The first kappa shape index (κ1) is 13.4. The van der Waals surface area contributed by atoms with Gasteiger partial charge in [0, 0.05) is 12.0 Å². The second kappa shape index (κ2) is 5.40. The molecule has 21 heavy (non-hydrogen) atoms. The van der Waals surface area contributed by atoms with E-state index >= 15 is 0 Å². The van der Waals surface area contributed by atoms with Gasteiger partial charge in [0.05, 0.1) is 5.69 Å². The Kier molecular flexibility index (Phi) is 3.44. The lowest BCUT2D eigenvalue weighted by Crippen LogP contribution is -2.34. The van der Waals surface area contributed by atoms with Crippen molar-refractivity contribution in [2.45, 2.75) is 19.4 Å². The van der Waals surface area contributed by atoms with Crippen LogP contribution < -0.4 is 10.1 Å². The second-order valence-electron chi connectivity index (χ2n) is 5.05. The lowest BCUT2D eigenvalue weighted by Gasteiger charge is -2.23. The Balaban J connectivity index is 1.82. The molecule has 1 aliphatic heterocycles. The number of ketones is 1. The molecule has 1 aliphatic rings. The molecule has 106 valence electrons. The molecule has 0 spiro atoms. The van der Waals surface area contributed by atoms with Gasteiger partial charge < -0.3 is 10.1 Å². The summed E-state index contributed by atoms with van der Waals surface area (Å²) in [6, 6.07) is 14.7. The minimum Gasteiger partial charge on any atom is -0.479 e. The van der Waals surface area contributed by atoms with Gasteiger partial charge >= 0.3 is 0 Å². The molecule has 1 unspecified atom stereocenters. The van der Waals surface area contributed by atoms with Crippen molar-refractivity contribution in [3.63, 3.8) is 0 Å². The van der Waals surface area contributed by atoms with E-state index in [2.05, 4.69) is 5.32 Å². The predicted molar refractivity (Wildman–Crippen MR) is 79.6 cm³/mol. The van der Waals surface area contributed by atoms with Crippen molar-refractivity contribution in [1.29, 1.82) is 0 Å². The van der Waals surface area contributed by atoms with Crippen LogP contribution in [0.2, 0.25) is 0 Å². The molecule has 1 atom stereocenters. The average molecular weight is 281 g/mol. The van der Waals surface area contributed by atoms with Gasteiger partial charge in [0.25, 0.3) is 5.91 Å². The van der Waals surface area contributed by atoms with Gasteiger partial charge in [-0.3, -0.25) is 9.59 Å². The van der Waals surface area contributed by atoms with Crippen LogP contribution in [0.4, 0.5) is 5.69 Å². The zero-order chi connectivity index (χ0) is 14.8. The smallest absolute Gasteiger partial charge is 0.265 e. The van der Waals surface area contributed by atoms with Crippen LogP contribution in [0, 0.1) is 0 Å². The largest absolute Gasteiger partial charge is 0.479 e. The fourth-order valence-electron chi connectivity index (χ4n) is 2.27. The van der Waals surface area contributed by atoms with E-state index in [-0.39, 0.29) is 11.7 Å². The normalized spacial score (nSPS) is 16.6. The second-order valence-corrected chi connectivity index (χ2v) is 5.05. The zero-order valence-electron chi connectivity index (χ0n) is 11.6. The van der Waals surface area contributed by atoms with Crippen LogP contribution in [0.25, 0.3) is 0 Å². The number of ether oxygens (including phenoxy) is 1. The van der Waals surface area contributed by atoms with Crippen LogP contribution in [0.15, 0.2) is 48.5 Å². The third-order valence-corrected chi connectivity index (χ3v) is 3.44. The zero-order valence-corrected chi connectivity index (χ0v) is 11.6. The lowest BCUT2D eigenvalue weighted by atomic mass is 10.0. The highest BCUT2D eigenvalue weighted by molar-refractivity contribution is 6.02. The molecule has 4 heteroatoms. The summed E-state index contributed by atoms with van der Waals surface area (Å²) in [5.41, 5.74) is 2.09. The Morgan fingerprint density at radius 1 is 1.19 bits per heavy atom. The Bertz CT molecular complexity index is 694. The number of carbonyl (C=O) groups excluding carboxylic acids is 2. The molecule has 1 heterocycles. The molecule has 1 N–H and O–H groups in total. The number of rotatable bonds is 3. The van der Waals surface area contributed by atoms with E-state index in [1.54, 1.807) is 25.1 Å². The van der Waals surface area contributed by atoms with Crippen LogP contribution in [0.5, 0.6) is 5.75 Å². The highest BCUT2D eigenvalue weighted by Crippen LogP contribution is 2.30. The molecule has 2 aromatic rings. The molecule has 0 aromatic heterocycles. The van der Waals surface area contributed by atoms with E-state index in [0.717, 1.165) is 5.56 Å². The fourth-order valence-corrected chi connectivity index (χ4v) is 2.27. The molecule has 2 aromatic carbocycles. The van der Waals surface area contributed by atoms with E-state index in [1.165, 1.54) is 0 Å². The fraction of sp³-hybridized carbons (Fsp3) is 0.176. The van der Waals surface area contributed by atoms with Crippen LogP contribution in [-0.2, 0) is 11.2 Å². The maximum Gasteiger partial charge on any atom is 0.265 e. The van der Waals surface area contributed by atoms with Crippen LogP contribution in [0.1, 0.15) is 22.8 Å². The Morgan fingerprint density at radius 3 is 2.71 bits per heavy atom. The maximum atomic E-state index is 12.3. The van der Waals surface area contributed by atoms with Crippen molar-refractivity contribution in [1.82, 2.24) is 0 Å². The summed E-state index contributed by atoms with van der Waals surface area (Å²) in [4.78, 5) is 23.9. The number of hydrogen-bond acceptors (Lipinski definition) is 3. The standard InChI is InChI=1S/C17H15NO3/c1-11-17(20)18-14-10-13(7-8-16(14)21-11)15(19)9-12-5-3-2-4-6-12/h2-8,10-11H,9H2,1H3,(H,18,20). The number of amides is 1. The van der Waals surface area contributed by atoms with Gasteiger partial charge in [-0.25, -0.2) is 0 Å². The molecular weight excluding hydrogens is 266 g/mol. The Labute approximate surface area is 122 Å². The van der Waals surface area contributed by atoms with Crippen molar-refractivity contribution in [3.05, 3.63) is 59.7 Å². The first-order chi connectivity index (χ1) is 10.1. The van der Waals surface area contributed by atoms with Gasteiger partial charge in [-0.1, -0.05) is 30.3 Å². The Morgan fingerprint density at radius 2 is 1.95 bits per heavy atom. The summed E-state index contributed by atoms with van der Waals surface area (Å²) in [6.07, 6.45) is -0.173. The first-order valence-electron chi connectivity index (χ1n) is 6.82. The van der Waals surface area contributed by atoms with E-state index in [9.17, 15) is 9.59 Å². The molecule has 0 radical (unpaired) electrons. The molecule has 0 bridgehead atoms. The molecule has 0 fully saturated rings. The van der Waals surface area contributed by atoms with Crippen molar-refractivity contribution in [3.8, 4) is 5.75 Å². The minimum atomic E-state index is -0.511. The molecule has 0 saturated carbocycles. The summed E-state index contributed by atoms with van der Waals surface area (Å²) < 4.78 is 5.47. The number of benzene rings is 2. The van der Waals surface area contributed by atoms with E-state index in [0.29, 0.717) is 23.4 Å². The highest BCUT2D eigenvalue weighted by Gasteiger charge is 2.24. The summed E-state index contributed by atoms with van der Waals surface area (Å²) in [7, 11) is 0. The van der Waals surface area contributed by atoms with Gasteiger partial charge in [-0.15, -0.1) is 0 Å². The topological polar surface area (TPSA) is 55.4 Å². The molecule has 0 saturated heterocycles. The summed E-state index contributed by atoms with van der Waals surface area (Å²) in [5.74, 6) is 0.408. The van der Waals surface area contributed by atoms with E-state index < -0.39 is 6.10 Å². The molecule has 0 aliphatic carbocycles. The lowest BCUT2D eigenvalue weighted by molar-refractivity contribution is -0.122. The quantitative estimate of drug-likeness (QED) is 0.880. The van der Waals surface area contributed by atoms with Crippen molar-refractivity contribution < 1.29 is 14.3 Å². The van der Waals surface area contributed by atoms with E-state index in [1.807, 2.05) is 30.3 Å². The number of hydrogen-bond donors (Lipinski definition) is 1. The third kappa shape index (κ3) is 2.79. The molecule has 3 rings (SSSR count). The number of anilines is 1. The number of fused-ring (bicyclic) bond motifs is 1. The monoisotopic (exact) mass is 281 g/mol. The first-order valence-corrected chi connectivity index (χ1v) is 6.82. The van der Waals surface area contributed by atoms with Crippen LogP contribution in [0.3, 0.4) is 0 Å². The SMILES string of the molecule is CC1Oc2ccc(C(=O)Cc3ccccc3)cc2NC1=O. The minimum absolute atomic E-state index is 0.0110. The molecular formula is C17H15NO3. The summed E-state index contributed by atoms with van der Waals surface area (Å²) in [6.45, 7) is 1.69. The highest BCUT2D eigenvalue weighted by atomic mass is 16.5. The van der Waals surface area contributed by atoms with Gasteiger partial charge in [-0.2, -0.15) is 0 Å². The average Bonchev–Trinajstić information content (AvgIpc) is 2.49. The maximum absolute atomic E-state index is 12.3. The number of Topliss-reactive ketones (excluding diaryl/α,β-unsaturated/α-hetero) is 1.